The van der Waals surface area contributed by atoms with E-state index >= 15 is 0 Å². The van der Waals surface area contributed by atoms with E-state index in [1.165, 1.54) is 17.6 Å². The van der Waals surface area contributed by atoms with Gasteiger partial charge in [0.25, 0.3) is 5.91 Å². The van der Waals surface area contributed by atoms with Gasteiger partial charge in [0.1, 0.15) is 17.4 Å². The van der Waals surface area contributed by atoms with Crippen LogP contribution < -0.4 is 10.2 Å². The fourth-order valence-corrected chi connectivity index (χ4v) is 6.87. The lowest BCUT2D eigenvalue weighted by molar-refractivity contribution is -0.130. The maximum Gasteiger partial charge on any atom is 0.261 e. The number of furan rings is 1. The van der Waals surface area contributed by atoms with Gasteiger partial charge in [-0.2, -0.15) is 4.72 Å². The van der Waals surface area contributed by atoms with Crippen LogP contribution in [-0.2, 0) is 43.2 Å². The molecule has 0 saturated carbocycles. The lowest BCUT2D eigenvalue weighted by atomic mass is 9.96. The number of hydroxylamine groups is 1. The molecule has 1 atom stereocenters. The highest BCUT2D eigenvalue weighted by Gasteiger charge is 2.28. The molecule has 3 aromatic rings. The summed E-state index contributed by atoms with van der Waals surface area (Å²) in [5.41, 5.74) is 3.54. The Kier molecular flexibility index (Phi) is 7.08. The Labute approximate surface area is 198 Å². The van der Waals surface area contributed by atoms with Gasteiger partial charge in [-0.3, -0.25) is 10.0 Å². The molecule has 1 heterocycles. The molecule has 34 heavy (non-hydrogen) atoms. The minimum atomic E-state index is -4.21. The van der Waals surface area contributed by atoms with Crippen molar-refractivity contribution < 1.29 is 31.3 Å². The molecule has 2 aromatic carbocycles. The van der Waals surface area contributed by atoms with Gasteiger partial charge in [-0.1, -0.05) is 30.3 Å². The van der Waals surface area contributed by atoms with Gasteiger partial charge in [0.05, 0.1) is 16.4 Å². The first-order valence-corrected chi connectivity index (χ1v) is 14.2. The van der Waals surface area contributed by atoms with Crippen molar-refractivity contribution in [2.75, 3.05) is 5.75 Å². The number of amides is 1. The van der Waals surface area contributed by atoms with Crippen LogP contribution in [0.25, 0.3) is 11.0 Å². The van der Waals surface area contributed by atoms with Gasteiger partial charge >= 0.3 is 0 Å². The van der Waals surface area contributed by atoms with Gasteiger partial charge in [-0.15, -0.1) is 0 Å². The van der Waals surface area contributed by atoms with Crippen molar-refractivity contribution in [3.8, 4) is 0 Å². The van der Waals surface area contributed by atoms with Crippen molar-refractivity contribution in [2.24, 2.45) is 0 Å². The normalized spacial score (nSPS) is 15.1. The van der Waals surface area contributed by atoms with Crippen molar-refractivity contribution in [1.82, 2.24) is 10.2 Å². The molecular weight excluding hydrogens is 480 g/mol. The van der Waals surface area contributed by atoms with Crippen LogP contribution in [0.1, 0.15) is 36.1 Å². The molecule has 0 aliphatic heterocycles. The Bertz CT molecular complexity index is 1400. The average Bonchev–Trinajstić information content (AvgIpc) is 3.19. The number of fused-ring (bicyclic) bond motifs is 3. The first-order valence-electron chi connectivity index (χ1n) is 10.9. The summed E-state index contributed by atoms with van der Waals surface area (Å²) in [4.78, 5) is 12.0. The number of nitrogens with one attached hydrogen (secondary N) is 2. The monoisotopic (exact) mass is 506 g/mol. The summed E-state index contributed by atoms with van der Waals surface area (Å²) in [6.07, 6.45) is 3.40. The zero-order valence-corrected chi connectivity index (χ0v) is 20.0. The zero-order chi connectivity index (χ0) is 24.3. The minimum absolute atomic E-state index is 0.117. The van der Waals surface area contributed by atoms with E-state index in [0.29, 0.717) is 11.1 Å². The Morgan fingerprint density at radius 1 is 1.03 bits per heavy atom. The Morgan fingerprint density at radius 3 is 2.50 bits per heavy atom. The molecule has 1 aliphatic rings. The Hall–Kier alpha value is -2.73. The number of hydrogen-bond donors (Lipinski definition) is 3. The predicted octanol–water partition coefficient (Wildman–Crippen LogP) is 2.47. The van der Waals surface area contributed by atoms with Crippen LogP contribution in [0.2, 0.25) is 0 Å². The summed E-state index contributed by atoms with van der Waals surface area (Å²) in [6.45, 7) is 0. The highest BCUT2D eigenvalue weighted by atomic mass is 32.2. The zero-order valence-electron chi connectivity index (χ0n) is 18.4. The van der Waals surface area contributed by atoms with Gasteiger partial charge in [0.15, 0.2) is 9.84 Å². The van der Waals surface area contributed by atoms with Crippen LogP contribution in [0.5, 0.6) is 0 Å². The van der Waals surface area contributed by atoms with E-state index in [9.17, 15) is 21.6 Å². The van der Waals surface area contributed by atoms with Crippen molar-refractivity contribution in [2.45, 2.75) is 48.8 Å². The molecule has 1 aliphatic carbocycles. The smallest absolute Gasteiger partial charge is 0.261 e. The van der Waals surface area contributed by atoms with Crippen molar-refractivity contribution >= 4 is 36.7 Å². The van der Waals surface area contributed by atoms with Crippen molar-refractivity contribution in [3.63, 3.8) is 0 Å². The van der Waals surface area contributed by atoms with Crippen molar-refractivity contribution in [3.05, 3.63) is 65.4 Å². The third kappa shape index (κ3) is 5.49. The number of carbonyl (C=O) groups excluding carboxylic acids is 1. The second-order valence-electron chi connectivity index (χ2n) is 8.39. The van der Waals surface area contributed by atoms with Crippen LogP contribution in [0.4, 0.5) is 0 Å². The highest BCUT2D eigenvalue weighted by Crippen LogP contribution is 2.33. The van der Waals surface area contributed by atoms with E-state index in [4.69, 9.17) is 9.62 Å². The maximum absolute atomic E-state index is 13.0. The molecule has 0 fully saturated rings. The molecular formula is C23H26N2O7S2. The van der Waals surface area contributed by atoms with Gasteiger partial charge in [-0.25, -0.2) is 22.3 Å². The van der Waals surface area contributed by atoms with Crippen LogP contribution >= 0.6 is 0 Å². The number of benzene rings is 2. The first-order chi connectivity index (χ1) is 16.2. The van der Waals surface area contributed by atoms with Gasteiger partial charge in [0, 0.05) is 23.4 Å². The van der Waals surface area contributed by atoms with E-state index < -0.39 is 37.6 Å². The molecule has 1 amide bonds. The Balaban J connectivity index is 1.51. The quantitative estimate of drug-likeness (QED) is 0.299. The number of rotatable bonds is 9. The highest BCUT2D eigenvalue weighted by molar-refractivity contribution is 7.90. The van der Waals surface area contributed by atoms with Crippen LogP contribution in [0, 0.1) is 0 Å². The number of aryl methyl sites for hydroxylation is 2. The summed E-state index contributed by atoms with van der Waals surface area (Å²) in [5.74, 6) is -0.877. The molecule has 0 saturated heterocycles. The molecule has 0 radical (unpaired) electrons. The number of carbonyl (C=O) groups is 1. The summed E-state index contributed by atoms with van der Waals surface area (Å²) in [7, 11) is -7.84. The molecule has 0 bridgehead atoms. The fraction of sp³-hybridized carbons (Fsp3) is 0.348. The SMILES string of the molecule is O=C(NO)[C@@H](CCS(=O)(=O)Cc1ccccc1)NS(=O)(=O)c1ccc2c3c(oc2c1)CCCC3. The van der Waals surface area contributed by atoms with Crippen LogP contribution in [0.3, 0.4) is 0 Å². The Morgan fingerprint density at radius 2 is 1.76 bits per heavy atom. The maximum atomic E-state index is 13.0. The lowest BCUT2D eigenvalue weighted by Gasteiger charge is -2.17. The second kappa shape index (κ2) is 9.87. The van der Waals surface area contributed by atoms with E-state index in [2.05, 4.69) is 4.72 Å². The predicted molar refractivity (Wildman–Crippen MR) is 125 cm³/mol. The molecule has 3 N–H and O–H groups in total. The summed E-state index contributed by atoms with van der Waals surface area (Å²) in [6, 6.07) is 11.6. The number of sulfone groups is 1. The fourth-order valence-electron chi connectivity index (χ4n) is 4.19. The van der Waals surface area contributed by atoms with E-state index in [1.54, 1.807) is 36.4 Å². The van der Waals surface area contributed by atoms with Gasteiger partial charge in [0.2, 0.25) is 10.0 Å². The molecule has 182 valence electrons. The molecule has 9 nitrogen and oxygen atoms in total. The van der Waals surface area contributed by atoms with Crippen molar-refractivity contribution in [1.29, 1.82) is 0 Å². The summed E-state index contributed by atoms with van der Waals surface area (Å²) >= 11 is 0. The standard InChI is InChI=1S/C23H26N2O7S2/c26-23(24-27)20(12-13-33(28,29)15-16-6-2-1-3-7-16)25-34(30,31)17-10-11-19-18-8-4-5-9-21(18)32-22(19)14-17/h1-3,6-7,10-11,14,20,25,27H,4-5,8-9,12-13,15H2,(H,24,26)/t20-/m1/s1. The first kappa shape index (κ1) is 24.4. The minimum Gasteiger partial charge on any atom is -0.461 e. The largest absolute Gasteiger partial charge is 0.461 e. The van der Waals surface area contributed by atoms with E-state index in [1.807, 2.05) is 0 Å². The lowest BCUT2D eigenvalue weighted by Crippen LogP contribution is -2.46. The number of hydrogen-bond acceptors (Lipinski definition) is 7. The summed E-state index contributed by atoms with van der Waals surface area (Å²) < 4.78 is 59.1. The van der Waals surface area contributed by atoms with E-state index in [0.717, 1.165) is 42.4 Å². The summed E-state index contributed by atoms with van der Waals surface area (Å²) in [5, 5.41) is 9.94. The molecule has 11 heteroatoms. The van der Waals surface area contributed by atoms with Crippen LogP contribution in [0.15, 0.2) is 57.8 Å². The molecule has 0 spiro atoms. The molecule has 1 aromatic heterocycles. The molecule has 0 unspecified atom stereocenters. The third-order valence-corrected chi connectivity index (χ3v) is 9.01. The second-order valence-corrected chi connectivity index (χ2v) is 12.3. The number of sulfonamides is 1. The van der Waals surface area contributed by atoms with Crippen LogP contribution in [-0.4, -0.2) is 39.7 Å². The van der Waals surface area contributed by atoms with Gasteiger partial charge < -0.3 is 4.42 Å². The van der Waals surface area contributed by atoms with Gasteiger partial charge in [-0.05, 0) is 43.4 Å². The van der Waals surface area contributed by atoms with E-state index in [-0.39, 0.29) is 17.1 Å². The molecule has 4 rings (SSSR count). The third-order valence-electron chi connectivity index (χ3n) is 5.91. The average molecular weight is 507 g/mol. The topological polar surface area (TPSA) is 143 Å².